The summed E-state index contributed by atoms with van der Waals surface area (Å²) in [6.45, 7) is 2.22. The number of amides is 4. The quantitative estimate of drug-likeness (QED) is 0.493. The van der Waals surface area contributed by atoms with E-state index in [2.05, 4.69) is 0 Å². The van der Waals surface area contributed by atoms with Gasteiger partial charge in [0.1, 0.15) is 19.6 Å². The van der Waals surface area contributed by atoms with Crippen LogP contribution in [0.3, 0.4) is 0 Å². The van der Waals surface area contributed by atoms with Gasteiger partial charge >= 0.3 is 12.0 Å². The van der Waals surface area contributed by atoms with Gasteiger partial charge in [-0.15, -0.1) is 0 Å². The van der Waals surface area contributed by atoms with Gasteiger partial charge in [-0.2, -0.15) is 0 Å². The van der Waals surface area contributed by atoms with Crippen LogP contribution < -0.4 is 11.5 Å². The lowest BCUT2D eigenvalue weighted by molar-refractivity contribution is -0.137. The molecule has 0 rings (SSSR count). The smallest absolute Gasteiger partial charge is 0.323 e. The van der Waals surface area contributed by atoms with Gasteiger partial charge in [0.25, 0.3) is 0 Å². The van der Waals surface area contributed by atoms with E-state index in [-0.39, 0.29) is 12.5 Å². The summed E-state index contributed by atoms with van der Waals surface area (Å²) in [4.78, 5) is 46.6. The van der Waals surface area contributed by atoms with Crippen molar-refractivity contribution >= 4 is 23.8 Å². The van der Waals surface area contributed by atoms with E-state index in [0.717, 1.165) is 9.80 Å². The van der Waals surface area contributed by atoms with Gasteiger partial charge in [-0.25, -0.2) is 4.79 Å². The lowest BCUT2D eigenvalue weighted by Crippen LogP contribution is -2.51. The second-order valence-corrected chi connectivity index (χ2v) is 4.74. The number of carboxylic acid groups (broad SMARTS) is 1. The highest BCUT2D eigenvalue weighted by Gasteiger charge is 2.25. The normalized spacial score (nSPS) is 10.2. The van der Waals surface area contributed by atoms with Crippen LogP contribution in [0.4, 0.5) is 4.79 Å². The van der Waals surface area contributed by atoms with Gasteiger partial charge in [0.15, 0.2) is 0 Å². The Labute approximate surface area is 116 Å². The van der Waals surface area contributed by atoms with E-state index in [1.165, 1.54) is 0 Å². The lowest BCUT2D eigenvalue weighted by atomic mass is 10.2. The van der Waals surface area contributed by atoms with Crippen LogP contribution in [-0.2, 0) is 14.4 Å². The molecule has 0 fully saturated rings. The summed E-state index contributed by atoms with van der Waals surface area (Å²) in [5, 5.41) is 8.80. The van der Waals surface area contributed by atoms with E-state index in [1.54, 1.807) is 13.8 Å². The fourth-order valence-corrected chi connectivity index (χ4v) is 1.58. The predicted molar refractivity (Wildman–Crippen MR) is 69.4 cm³/mol. The summed E-state index contributed by atoms with van der Waals surface area (Å²) < 4.78 is 0. The second-order valence-electron chi connectivity index (χ2n) is 4.74. The molecule has 4 amide bonds. The molecule has 20 heavy (non-hydrogen) atoms. The van der Waals surface area contributed by atoms with Crippen molar-refractivity contribution < 1.29 is 24.3 Å². The number of nitrogens with two attached hydrogens (primary N) is 2. The molecule has 0 spiro atoms. The fourth-order valence-electron chi connectivity index (χ4n) is 1.58. The van der Waals surface area contributed by atoms with Gasteiger partial charge in [0.05, 0.1) is 0 Å². The lowest BCUT2D eigenvalue weighted by Gasteiger charge is -2.29. The van der Waals surface area contributed by atoms with E-state index in [1.807, 2.05) is 0 Å². The molecule has 0 aromatic heterocycles. The Balaban J connectivity index is 5.05. The topological polar surface area (TPSA) is 147 Å². The van der Waals surface area contributed by atoms with Crippen LogP contribution in [0, 0.1) is 5.92 Å². The van der Waals surface area contributed by atoms with E-state index in [0.29, 0.717) is 0 Å². The third kappa shape index (κ3) is 7.19. The number of urea groups is 1. The molecule has 0 aromatic carbocycles. The first-order valence-corrected chi connectivity index (χ1v) is 5.95. The van der Waals surface area contributed by atoms with Crippen LogP contribution in [0.2, 0.25) is 0 Å². The van der Waals surface area contributed by atoms with Crippen LogP contribution in [0.1, 0.15) is 13.8 Å². The Morgan fingerprint density at radius 3 is 1.70 bits per heavy atom. The van der Waals surface area contributed by atoms with Gasteiger partial charge in [-0.1, -0.05) is 13.8 Å². The molecule has 0 radical (unpaired) electrons. The van der Waals surface area contributed by atoms with Crippen molar-refractivity contribution in [3.63, 3.8) is 0 Å². The minimum absolute atomic E-state index is 0.0160. The number of carboxylic acids is 1. The van der Waals surface area contributed by atoms with Crippen molar-refractivity contribution in [2.75, 3.05) is 26.2 Å². The van der Waals surface area contributed by atoms with Crippen LogP contribution >= 0.6 is 0 Å². The number of nitrogens with zero attached hydrogens (tertiary/aromatic N) is 2. The molecule has 0 saturated carbocycles. The average molecular weight is 288 g/mol. The van der Waals surface area contributed by atoms with E-state index >= 15 is 0 Å². The number of carbonyl (C=O) groups excluding carboxylic acids is 3. The van der Waals surface area contributed by atoms with E-state index in [4.69, 9.17) is 16.6 Å². The van der Waals surface area contributed by atoms with Crippen LogP contribution in [-0.4, -0.2) is 64.9 Å². The molecule has 0 aliphatic rings. The summed E-state index contributed by atoms with van der Waals surface area (Å²) in [6, 6.07) is -0.765. The summed E-state index contributed by atoms with van der Waals surface area (Å²) in [6.07, 6.45) is 0. The average Bonchev–Trinajstić information content (AvgIpc) is 2.23. The zero-order chi connectivity index (χ0) is 15.9. The van der Waals surface area contributed by atoms with Crippen molar-refractivity contribution in [3.8, 4) is 0 Å². The Kier molecular flexibility index (Phi) is 7.05. The number of carbonyl (C=O) groups is 4. The predicted octanol–water partition coefficient (Wildman–Crippen LogP) is -1.58. The molecule has 0 bridgehead atoms. The van der Waals surface area contributed by atoms with Crippen molar-refractivity contribution in [2.24, 2.45) is 17.4 Å². The molecule has 0 aliphatic heterocycles. The first-order chi connectivity index (χ1) is 9.13. The Hall–Kier alpha value is -2.32. The van der Waals surface area contributed by atoms with E-state index < -0.39 is 43.4 Å². The molecule has 9 nitrogen and oxygen atoms in total. The molecule has 0 aliphatic carbocycles. The van der Waals surface area contributed by atoms with Crippen molar-refractivity contribution in [1.29, 1.82) is 0 Å². The molecule has 0 aromatic rings. The Morgan fingerprint density at radius 2 is 1.40 bits per heavy atom. The monoisotopic (exact) mass is 288 g/mol. The third-order valence-electron chi connectivity index (χ3n) is 2.15. The van der Waals surface area contributed by atoms with Gasteiger partial charge in [-0.05, 0) is 5.92 Å². The molecular formula is C11H20N4O5. The van der Waals surface area contributed by atoms with Crippen molar-refractivity contribution in [2.45, 2.75) is 13.8 Å². The van der Waals surface area contributed by atoms with Gasteiger partial charge < -0.3 is 26.4 Å². The fraction of sp³-hybridized carbons (Fsp3) is 0.636. The molecule has 9 heteroatoms. The van der Waals surface area contributed by atoms with Gasteiger partial charge in [0.2, 0.25) is 11.8 Å². The van der Waals surface area contributed by atoms with Crippen LogP contribution in [0.5, 0.6) is 0 Å². The summed E-state index contributed by atoms with van der Waals surface area (Å²) in [5.41, 5.74) is 9.98. The second kappa shape index (κ2) is 7.97. The summed E-state index contributed by atoms with van der Waals surface area (Å²) in [5.74, 6) is -2.82. The van der Waals surface area contributed by atoms with E-state index in [9.17, 15) is 19.2 Å². The minimum Gasteiger partial charge on any atom is -0.480 e. The Morgan fingerprint density at radius 1 is 0.950 bits per heavy atom. The first kappa shape index (κ1) is 17.7. The standard InChI is InChI=1S/C11H20N4O5/c1-7(2)3-14(6-10(18)19)11(20)15(4-8(12)16)5-9(13)17/h7H,3-6H2,1-2H3,(H2,12,16)(H2,13,17)(H,18,19). The highest BCUT2D eigenvalue weighted by atomic mass is 16.4. The Bertz CT molecular complexity index is 380. The van der Waals surface area contributed by atoms with Crippen molar-refractivity contribution in [3.05, 3.63) is 0 Å². The van der Waals surface area contributed by atoms with Gasteiger partial charge in [-0.3, -0.25) is 14.4 Å². The maximum Gasteiger partial charge on any atom is 0.323 e. The SMILES string of the molecule is CC(C)CN(CC(=O)O)C(=O)N(CC(N)=O)CC(N)=O. The summed E-state index contributed by atoms with van der Waals surface area (Å²) >= 11 is 0. The molecular weight excluding hydrogens is 268 g/mol. The number of hydrogen-bond acceptors (Lipinski definition) is 4. The van der Waals surface area contributed by atoms with Crippen molar-refractivity contribution in [1.82, 2.24) is 9.80 Å². The number of aliphatic carboxylic acids is 1. The number of primary amides is 2. The zero-order valence-corrected chi connectivity index (χ0v) is 11.5. The maximum absolute atomic E-state index is 12.2. The molecule has 5 N–H and O–H groups in total. The molecule has 114 valence electrons. The third-order valence-corrected chi connectivity index (χ3v) is 2.15. The zero-order valence-electron chi connectivity index (χ0n) is 11.5. The highest BCUT2D eigenvalue weighted by molar-refractivity contribution is 5.88. The molecule has 0 saturated heterocycles. The molecule has 0 atom stereocenters. The minimum atomic E-state index is -1.20. The number of hydrogen-bond donors (Lipinski definition) is 3. The first-order valence-electron chi connectivity index (χ1n) is 5.95. The maximum atomic E-state index is 12.2. The summed E-state index contributed by atoms with van der Waals surface area (Å²) in [7, 11) is 0. The highest BCUT2D eigenvalue weighted by Crippen LogP contribution is 2.04. The van der Waals surface area contributed by atoms with Gasteiger partial charge in [0, 0.05) is 6.54 Å². The molecule has 0 heterocycles. The van der Waals surface area contributed by atoms with Crippen LogP contribution in [0.15, 0.2) is 0 Å². The van der Waals surface area contributed by atoms with Crippen LogP contribution in [0.25, 0.3) is 0 Å². The number of rotatable bonds is 8. The largest absolute Gasteiger partial charge is 0.480 e. The molecule has 0 unspecified atom stereocenters.